The van der Waals surface area contributed by atoms with Crippen molar-refractivity contribution >= 4 is 0 Å². The molecule has 1 heterocycles. The number of rotatable bonds is 5. The van der Waals surface area contributed by atoms with E-state index < -0.39 is 0 Å². The quantitative estimate of drug-likeness (QED) is 0.806. The van der Waals surface area contributed by atoms with Gasteiger partial charge < -0.3 is 5.32 Å². The van der Waals surface area contributed by atoms with E-state index in [1.54, 1.807) is 0 Å². The van der Waals surface area contributed by atoms with Crippen LogP contribution in [0.4, 0.5) is 0 Å². The molecule has 4 heteroatoms. The summed E-state index contributed by atoms with van der Waals surface area (Å²) in [7, 11) is 0. The average molecular weight is 210 g/mol. The summed E-state index contributed by atoms with van der Waals surface area (Å²) in [5.41, 5.74) is 0. The van der Waals surface area contributed by atoms with Crippen LogP contribution in [0.3, 0.4) is 0 Å². The van der Waals surface area contributed by atoms with Crippen LogP contribution < -0.4 is 5.32 Å². The second-order valence-electron chi connectivity index (χ2n) is 4.40. The Morgan fingerprint density at radius 1 is 1.27 bits per heavy atom. The lowest BCUT2D eigenvalue weighted by molar-refractivity contribution is 0.423. The summed E-state index contributed by atoms with van der Waals surface area (Å²) in [5, 5.41) is 7.80. The molecule has 1 N–H and O–H groups in total. The lowest BCUT2D eigenvalue weighted by atomic mass is 10.2. The third-order valence-corrected chi connectivity index (χ3v) is 2.44. The Balaban J connectivity index is 2.46. The van der Waals surface area contributed by atoms with Crippen LogP contribution in [0.1, 0.15) is 44.9 Å². The molecule has 0 aromatic carbocycles. The second kappa shape index (κ2) is 5.26. The van der Waals surface area contributed by atoms with Crippen LogP contribution in [-0.2, 0) is 0 Å². The highest BCUT2D eigenvalue weighted by molar-refractivity contribution is 4.89. The Labute approximate surface area is 92.1 Å². The van der Waals surface area contributed by atoms with E-state index in [9.17, 15) is 0 Å². The zero-order valence-electron chi connectivity index (χ0n) is 10.4. The van der Waals surface area contributed by atoms with Gasteiger partial charge in [-0.1, -0.05) is 13.8 Å². The van der Waals surface area contributed by atoms with Crippen molar-refractivity contribution in [1.29, 1.82) is 0 Å². The SMILES string of the molecule is Cc1nc(C)n(C(C)CCNC(C)C)n1. The van der Waals surface area contributed by atoms with Crippen LogP contribution in [0.25, 0.3) is 0 Å². The van der Waals surface area contributed by atoms with Gasteiger partial charge in [-0.25, -0.2) is 9.67 Å². The first-order chi connectivity index (χ1) is 7.00. The molecule has 1 aromatic rings. The standard InChI is InChI=1S/C11H22N4/c1-8(2)12-7-6-9(3)15-11(5)13-10(4)14-15/h8-9,12H,6-7H2,1-5H3. The third kappa shape index (κ3) is 3.63. The summed E-state index contributed by atoms with van der Waals surface area (Å²) >= 11 is 0. The fraction of sp³-hybridized carbons (Fsp3) is 0.818. The van der Waals surface area contributed by atoms with Gasteiger partial charge >= 0.3 is 0 Å². The van der Waals surface area contributed by atoms with Crippen LogP contribution in [0, 0.1) is 13.8 Å². The molecule has 0 radical (unpaired) electrons. The monoisotopic (exact) mass is 210 g/mol. The lowest BCUT2D eigenvalue weighted by Gasteiger charge is -2.14. The molecule has 0 fully saturated rings. The highest BCUT2D eigenvalue weighted by Gasteiger charge is 2.09. The predicted octanol–water partition coefficient (Wildman–Crippen LogP) is 1.84. The number of hydrogen-bond acceptors (Lipinski definition) is 3. The molecule has 0 aliphatic carbocycles. The van der Waals surface area contributed by atoms with Gasteiger partial charge in [0.1, 0.15) is 11.6 Å². The minimum atomic E-state index is 0.414. The van der Waals surface area contributed by atoms with Crippen LogP contribution in [0.2, 0.25) is 0 Å². The molecule has 0 saturated heterocycles. The van der Waals surface area contributed by atoms with E-state index in [0.29, 0.717) is 12.1 Å². The molecule has 0 aliphatic heterocycles. The maximum Gasteiger partial charge on any atom is 0.147 e. The molecule has 1 aromatic heterocycles. The van der Waals surface area contributed by atoms with Gasteiger partial charge in [-0.15, -0.1) is 0 Å². The van der Waals surface area contributed by atoms with Crippen molar-refractivity contribution < 1.29 is 0 Å². The first-order valence-electron chi connectivity index (χ1n) is 5.64. The fourth-order valence-electron chi connectivity index (χ4n) is 1.66. The van der Waals surface area contributed by atoms with Crippen molar-refractivity contribution in [2.24, 2.45) is 0 Å². The Kier molecular flexibility index (Phi) is 4.27. The van der Waals surface area contributed by atoms with Gasteiger partial charge in [0, 0.05) is 6.04 Å². The minimum absolute atomic E-state index is 0.414. The molecule has 15 heavy (non-hydrogen) atoms. The summed E-state index contributed by atoms with van der Waals surface area (Å²) in [5.74, 6) is 1.86. The zero-order chi connectivity index (χ0) is 11.4. The van der Waals surface area contributed by atoms with E-state index in [0.717, 1.165) is 24.6 Å². The molecule has 0 bridgehead atoms. The van der Waals surface area contributed by atoms with Crippen LogP contribution in [-0.4, -0.2) is 27.4 Å². The highest BCUT2D eigenvalue weighted by atomic mass is 15.4. The van der Waals surface area contributed by atoms with E-state index >= 15 is 0 Å². The molecule has 1 unspecified atom stereocenters. The summed E-state index contributed by atoms with van der Waals surface area (Å²) in [6.45, 7) is 11.5. The molecule has 1 rings (SSSR count). The number of nitrogens with zero attached hydrogens (tertiary/aromatic N) is 3. The smallest absolute Gasteiger partial charge is 0.147 e. The van der Waals surface area contributed by atoms with Gasteiger partial charge in [0.2, 0.25) is 0 Å². The van der Waals surface area contributed by atoms with Gasteiger partial charge in [-0.2, -0.15) is 5.10 Å². The molecule has 86 valence electrons. The van der Waals surface area contributed by atoms with Crippen molar-refractivity contribution in [3.05, 3.63) is 11.6 Å². The topological polar surface area (TPSA) is 42.7 Å². The molecule has 0 saturated carbocycles. The van der Waals surface area contributed by atoms with Crippen molar-refractivity contribution in [1.82, 2.24) is 20.1 Å². The average Bonchev–Trinajstić information content (AvgIpc) is 2.44. The molecule has 1 atom stereocenters. The normalized spacial score (nSPS) is 13.5. The molecular formula is C11H22N4. The molecule has 0 aliphatic rings. The molecule has 0 amide bonds. The van der Waals surface area contributed by atoms with Crippen LogP contribution >= 0.6 is 0 Å². The van der Waals surface area contributed by atoms with E-state index in [4.69, 9.17) is 0 Å². The summed E-state index contributed by atoms with van der Waals surface area (Å²) in [6, 6.07) is 0.966. The van der Waals surface area contributed by atoms with E-state index in [1.165, 1.54) is 0 Å². The van der Waals surface area contributed by atoms with Crippen LogP contribution in [0.5, 0.6) is 0 Å². The van der Waals surface area contributed by atoms with Crippen molar-refractivity contribution in [2.45, 2.75) is 53.1 Å². The van der Waals surface area contributed by atoms with Crippen molar-refractivity contribution in [2.75, 3.05) is 6.54 Å². The molecule has 0 spiro atoms. The minimum Gasteiger partial charge on any atom is -0.314 e. The van der Waals surface area contributed by atoms with E-state index in [-0.39, 0.29) is 0 Å². The number of nitrogens with one attached hydrogen (secondary N) is 1. The van der Waals surface area contributed by atoms with Crippen molar-refractivity contribution in [3.63, 3.8) is 0 Å². The zero-order valence-corrected chi connectivity index (χ0v) is 10.4. The molecule has 4 nitrogen and oxygen atoms in total. The third-order valence-electron chi connectivity index (χ3n) is 2.44. The summed E-state index contributed by atoms with van der Waals surface area (Å²) in [6.07, 6.45) is 1.09. The number of aryl methyl sites for hydroxylation is 2. The Bertz CT molecular complexity index is 304. The van der Waals surface area contributed by atoms with E-state index in [1.807, 2.05) is 18.5 Å². The largest absolute Gasteiger partial charge is 0.314 e. The van der Waals surface area contributed by atoms with Gasteiger partial charge in [0.15, 0.2) is 0 Å². The van der Waals surface area contributed by atoms with Crippen molar-refractivity contribution in [3.8, 4) is 0 Å². The Morgan fingerprint density at radius 2 is 1.93 bits per heavy atom. The first kappa shape index (κ1) is 12.2. The van der Waals surface area contributed by atoms with E-state index in [2.05, 4.69) is 36.2 Å². The summed E-state index contributed by atoms with van der Waals surface area (Å²) in [4.78, 5) is 4.31. The van der Waals surface area contributed by atoms with Gasteiger partial charge in [-0.3, -0.25) is 0 Å². The predicted molar refractivity (Wildman–Crippen MR) is 62.0 cm³/mol. The second-order valence-corrected chi connectivity index (χ2v) is 4.40. The maximum absolute atomic E-state index is 4.39. The fourth-order valence-corrected chi connectivity index (χ4v) is 1.66. The van der Waals surface area contributed by atoms with Crippen LogP contribution in [0.15, 0.2) is 0 Å². The highest BCUT2D eigenvalue weighted by Crippen LogP contribution is 2.10. The van der Waals surface area contributed by atoms with Gasteiger partial charge in [-0.05, 0) is 33.7 Å². The number of hydrogen-bond donors (Lipinski definition) is 1. The Hall–Kier alpha value is -0.900. The van der Waals surface area contributed by atoms with Gasteiger partial charge in [0.05, 0.1) is 6.04 Å². The number of aromatic nitrogens is 3. The maximum atomic E-state index is 4.39. The lowest BCUT2D eigenvalue weighted by Crippen LogP contribution is -2.26. The Morgan fingerprint density at radius 3 is 2.40 bits per heavy atom. The summed E-state index contributed by atoms with van der Waals surface area (Å²) < 4.78 is 2.01. The first-order valence-corrected chi connectivity index (χ1v) is 5.64. The molecular weight excluding hydrogens is 188 g/mol. The van der Waals surface area contributed by atoms with Gasteiger partial charge in [0.25, 0.3) is 0 Å².